The number of benzene rings is 1. The highest BCUT2D eigenvalue weighted by Crippen LogP contribution is 2.30. The van der Waals surface area contributed by atoms with Crippen LogP contribution in [0.25, 0.3) is 11.0 Å². The molecule has 0 aliphatic heterocycles. The summed E-state index contributed by atoms with van der Waals surface area (Å²) >= 11 is 0. The smallest absolute Gasteiger partial charge is 0.201 e. The predicted octanol–water partition coefficient (Wildman–Crippen LogP) is 5.87. The summed E-state index contributed by atoms with van der Waals surface area (Å²) in [5, 5.41) is 0. The van der Waals surface area contributed by atoms with E-state index < -0.39 is 0 Å². The number of carbonyl (C=O) groups excluding carboxylic acids is 2. The minimum Gasteiger partial charge on any atom is -0.335 e. The molecule has 1 aromatic carbocycles. The van der Waals surface area contributed by atoms with Crippen molar-refractivity contribution in [1.82, 2.24) is 9.97 Å². The fourth-order valence-electron chi connectivity index (χ4n) is 4.84. The first-order chi connectivity index (χ1) is 13.2. The molecule has 4 heteroatoms. The van der Waals surface area contributed by atoms with E-state index in [1.807, 2.05) is 18.2 Å². The maximum absolute atomic E-state index is 13.2. The van der Waals surface area contributed by atoms with E-state index in [4.69, 9.17) is 0 Å². The van der Waals surface area contributed by atoms with Crippen LogP contribution in [0, 0.1) is 11.8 Å². The number of aromatic amines is 1. The Bertz CT molecular complexity index is 807. The molecular weight excluding hydrogens is 336 g/mol. The summed E-state index contributed by atoms with van der Waals surface area (Å²) in [5.74, 6) is 0.964. The van der Waals surface area contributed by atoms with Gasteiger partial charge in [-0.15, -0.1) is 0 Å². The summed E-state index contributed by atoms with van der Waals surface area (Å²) in [6, 6.07) is 5.72. The molecule has 0 atom stereocenters. The Balaban J connectivity index is 1.61. The van der Waals surface area contributed by atoms with Gasteiger partial charge >= 0.3 is 0 Å². The topological polar surface area (TPSA) is 62.8 Å². The van der Waals surface area contributed by atoms with Gasteiger partial charge in [0.05, 0.1) is 11.0 Å². The summed E-state index contributed by atoms with van der Waals surface area (Å²) in [6.45, 7) is 0. The standard InChI is InChI=1S/C23H30N2O2/c26-21(16-10-5-1-2-6-11-16)18-14-9-15-19-20(18)25-23(24-19)22(27)17-12-7-3-4-8-13-17/h9,14-17H,1-8,10-13H2,(H,24,25). The molecule has 0 radical (unpaired) electrons. The molecular formula is C23H30N2O2. The second-order valence-electron chi connectivity index (χ2n) is 8.39. The molecule has 0 spiro atoms. The molecule has 0 amide bonds. The number of fused-ring (bicyclic) bond motifs is 1. The number of carbonyl (C=O) groups is 2. The molecule has 1 heterocycles. The Kier molecular flexibility index (Phi) is 5.70. The van der Waals surface area contributed by atoms with Crippen LogP contribution in [0.5, 0.6) is 0 Å². The number of Topliss-reactive ketones (excluding diaryl/α,β-unsaturated/α-hetero) is 2. The van der Waals surface area contributed by atoms with Gasteiger partial charge in [-0.05, 0) is 37.8 Å². The third-order valence-electron chi connectivity index (χ3n) is 6.46. The van der Waals surface area contributed by atoms with Gasteiger partial charge in [-0.3, -0.25) is 9.59 Å². The van der Waals surface area contributed by atoms with Crippen LogP contribution in [-0.4, -0.2) is 21.5 Å². The first-order valence-electron chi connectivity index (χ1n) is 10.8. The van der Waals surface area contributed by atoms with Crippen LogP contribution in [0.4, 0.5) is 0 Å². The van der Waals surface area contributed by atoms with E-state index in [2.05, 4.69) is 9.97 Å². The van der Waals surface area contributed by atoms with E-state index in [0.717, 1.165) is 56.9 Å². The lowest BCUT2D eigenvalue weighted by molar-refractivity contribution is 0.0893. The Morgan fingerprint density at radius 3 is 1.93 bits per heavy atom. The van der Waals surface area contributed by atoms with E-state index in [0.29, 0.717) is 16.9 Å². The molecule has 1 aromatic heterocycles. The minimum atomic E-state index is 0.0778. The third-order valence-corrected chi connectivity index (χ3v) is 6.46. The molecule has 2 aromatic rings. The second-order valence-corrected chi connectivity index (χ2v) is 8.39. The van der Waals surface area contributed by atoms with Crippen LogP contribution < -0.4 is 0 Å². The highest BCUT2D eigenvalue weighted by Gasteiger charge is 2.27. The van der Waals surface area contributed by atoms with Crippen LogP contribution in [0.3, 0.4) is 0 Å². The number of rotatable bonds is 4. The van der Waals surface area contributed by atoms with Gasteiger partial charge in [-0.2, -0.15) is 0 Å². The number of ketones is 2. The van der Waals surface area contributed by atoms with Crippen molar-refractivity contribution in [3.05, 3.63) is 29.6 Å². The summed E-state index contributed by atoms with van der Waals surface area (Å²) in [7, 11) is 0. The summed E-state index contributed by atoms with van der Waals surface area (Å²) in [6.07, 6.45) is 13.3. The average molecular weight is 367 g/mol. The first-order valence-corrected chi connectivity index (χ1v) is 10.8. The van der Waals surface area contributed by atoms with E-state index in [1.54, 1.807) is 0 Å². The average Bonchev–Trinajstić information content (AvgIpc) is 2.88. The zero-order valence-corrected chi connectivity index (χ0v) is 16.1. The number of aromatic nitrogens is 2. The van der Waals surface area contributed by atoms with Crippen LogP contribution in [0.1, 0.15) is 98.0 Å². The van der Waals surface area contributed by atoms with Gasteiger partial charge in [-0.25, -0.2) is 4.98 Å². The summed E-state index contributed by atoms with van der Waals surface area (Å²) in [5.41, 5.74) is 2.19. The molecule has 2 fully saturated rings. The molecule has 0 saturated heterocycles. The van der Waals surface area contributed by atoms with Gasteiger partial charge in [0, 0.05) is 17.4 Å². The number of para-hydroxylation sites is 1. The van der Waals surface area contributed by atoms with Crippen molar-refractivity contribution in [2.75, 3.05) is 0 Å². The van der Waals surface area contributed by atoms with Gasteiger partial charge in [0.25, 0.3) is 0 Å². The fraction of sp³-hybridized carbons (Fsp3) is 0.609. The lowest BCUT2D eigenvalue weighted by Gasteiger charge is -2.12. The van der Waals surface area contributed by atoms with Gasteiger partial charge in [0.2, 0.25) is 5.78 Å². The maximum Gasteiger partial charge on any atom is 0.201 e. The largest absolute Gasteiger partial charge is 0.335 e. The van der Waals surface area contributed by atoms with Crippen molar-refractivity contribution >= 4 is 22.6 Å². The van der Waals surface area contributed by atoms with E-state index >= 15 is 0 Å². The quantitative estimate of drug-likeness (QED) is 0.544. The first kappa shape index (κ1) is 18.4. The van der Waals surface area contributed by atoms with Gasteiger partial charge < -0.3 is 4.98 Å². The third kappa shape index (κ3) is 3.99. The van der Waals surface area contributed by atoms with Crippen LogP contribution in [0.15, 0.2) is 18.2 Å². The molecule has 4 rings (SSSR count). The second kappa shape index (κ2) is 8.37. The van der Waals surface area contributed by atoms with Gasteiger partial charge in [0.15, 0.2) is 11.6 Å². The van der Waals surface area contributed by atoms with Crippen molar-refractivity contribution in [2.45, 2.75) is 77.0 Å². The molecule has 2 aliphatic rings. The Labute approximate surface area is 161 Å². The number of H-pyrrole nitrogens is 1. The monoisotopic (exact) mass is 366 g/mol. The van der Waals surface area contributed by atoms with Crippen molar-refractivity contribution in [1.29, 1.82) is 0 Å². The van der Waals surface area contributed by atoms with E-state index in [1.165, 1.54) is 25.7 Å². The SMILES string of the molecule is O=C(c1nc2c(C(=O)C3CCCCCC3)cccc2[nH]1)C1CCCCCC1. The zero-order valence-electron chi connectivity index (χ0n) is 16.1. The molecule has 27 heavy (non-hydrogen) atoms. The van der Waals surface area contributed by atoms with Crippen molar-refractivity contribution < 1.29 is 9.59 Å². The maximum atomic E-state index is 13.2. The number of nitrogens with one attached hydrogen (secondary N) is 1. The Morgan fingerprint density at radius 1 is 0.778 bits per heavy atom. The number of hydrogen-bond acceptors (Lipinski definition) is 3. The van der Waals surface area contributed by atoms with Crippen molar-refractivity contribution in [2.24, 2.45) is 11.8 Å². The van der Waals surface area contributed by atoms with Crippen LogP contribution >= 0.6 is 0 Å². The molecule has 144 valence electrons. The normalized spacial score (nSPS) is 20.3. The number of imidazole rings is 1. The summed E-state index contributed by atoms with van der Waals surface area (Å²) < 4.78 is 0. The van der Waals surface area contributed by atoms with Crippen molar-refractivity contribution in [3.63, 3.8) is 0 Å². The highest BCUT2D eigenvalue weighted by molar-refractivity contribution is 6.08. The zero-order chi connectivity index (χ0) is 18.6. The molecule has 0 unspecified atom stereocenters. The molecule has 2 saturated carbocycles. The molecule has 4 nitrogen and oxygen atoms in total. The predicted molar refractivity (Wildman–Crippen MR) is 107 cm³/mol. The van der Waals surface area contributed by atoms with E-state index in [9.17, 15) is 9.59 Å². The number of hydrogen-bond donors (Lipinski definition) is 1. The van der Waals surface area contributed by atoms with E-state index in [-0.39, 0.29) is 23.4 Å². The van der Waals surface area contributed by atoms with Crippen molar-refractivity contribution in [3.8, 4) is 0 Å². The summed E-state index contributed by atoms with van der Waals surface area (Å²) in [4.78, 5) is 34.0. The van der Waals surface area contributed by atoms with Gasteiger partial charge in [-0.1, -0.05) is 57.4 Å². The number of nitrogens with zero attached hydrogens (tertiary/aromatic N) is 1. The highest BCUT2D eigenvalue weighted by atomic mass is 16.1. The van der Waals surface area contributed by atoms with Gasteiger partial charge in [0.1, 0.15) is 0 Å². The fourth-order valence-corrected chi connectivity index (χ4v) is 4.84. The Morgan fingerprint density at radius 2 is 1.33 bits per heavy atom. The molecule has 1 N–H and O–H groups in total. The molecule has 2 aliphatic carbocycles. The van der Waals surface area contributed by atoms with Crippen LogP contribution in [0.2, 0.25) is 0 Å². The Hall–Kier alpha value is -1.97. The minimum absolute atomic E-state index is 0.0778. The van der Waals surface area contributed by atoms with Crippen LogP contribution in [-0.2, 0) is 0 Å². The lowest BCUT2D eigenvalue weighted by Crippen LogP contribution is -2.16. The molecule has 0 bridgehead atoms. The lowest BCUT2D eigenvalue weighted by atomic mass is 9.90.